The van der Waals surface area contributed by atoms with Crippen LogP contribution in [0.1, 0.15) is 18.4 Å². The molecule has 3 aromatic rings. The molecule has 39 heavy (non-hydrogen) atoms. The highest BCUT2D eigenvalue weighted by Gasteiger charge is 2.39. The summed E-state index contributed by atoms with van der Waals surface area (Å²) in [5.74, 6) is 0.883. The van der Waals surface area contributed by atoms with E-state index < -0.39 is 30.5 Å². The average molecular weight is 564 g/mol. The van der Waals surface area contributed by atoms with Crippen LogP contribution in [0.5, 0.6) is 5.75 Å². The van der Waals surface area contributed by atoms with Crippen LogP contribution in [-0.2, 0) is 6.18 Å². The van der Waals surface area contributed by atoms with E-state index in [-0.39, 0.29) is 34.7 Å². The van der Waals surface area contributed by atoms with Crippen LogP contribution >= 0.6 is 11.6 Å². The molecule has 2 aromatic heterocycles. The third-order valence-corrected chi connectivity index (χ3v) is 6.86. The minimum Gasteiger partial charge on any atom is -0.489 e. The number of aromatic nitrogens is 2. The molecule has 0 aliphatic carbocycles. The van der Waals surface area contributed by atoms with Crippen LogP contribution in [-0.4, -0.2) is 64.7 Å². The van der Waals surface area contributed by atoms with Crippen molar-refractivity contribution in [1.82, 2.24) is 9.97 Å². The third-order valence-electron chi connectivity index (χ3n) is 6.57. The van der Waals surface area contributed by atoms with Gasteiger partial charge in [0.25, 0.3) is 0 Å². The van der Waals surface area contributed by atoms with Crippen molar-refractivity contribution < 1.29 is 32.9 Å². The first-order chi connectivity index (χ1) is 18.6. The number of aliphatic hydroxyl groups is 2. The highest BCUT2D eigenvalue weighted by molar-refractivity contribution is 6.33. The summed E-state index contributed by atoms with van der Waals surface area (Å²) in [6, 6.07) is 8.78. The molecule has 13 heteroatoms. The molecular weight excluding hydrogens is 539 g/mol. The van der Waals surface area contributed by atoms with Gasteiger partial charge in [-0.05, 0) is 43.2 Å². The van der Waals surface area contributed by atoms with Crippen LogP contribution < -0.4 is 19.9 Å². The van der Waals surface area contributed by atoms with Crippen molar-refractivity contribution in [2.45, 2.75) is 31.2 Å². The summed E-state index contributed by atoms with van der Waals surface area (Å²) in [4.78, 5) is 25.9. The Hall–Kier alpha value is -3.61. The van der Waals surface area contributed by atoms with Gasteiger partial charge in [0.15, 0.2) is 5.82 Å². The van der Waals surface area contributed by atoms with Crippen LogP contribution in [0, 0.1) is 0 Å². The number of hydrogen-bond acceptors (Lipinski definition) is 7. The largest absolute Gasteiger partial charge is 0.489 e. The number of ether oxygens (including phenoxy) is 1. The van der Waals surface area contributed by atoms with Gasteiger partial charge < -0.3 is 19.8 Å². The van der Waals surface area contributed by atoms with Crippen LogP contribution in [0.3, 0.4) is 0 Å². The molecule has 206 valence electrons. The second kappa shape index (κ2) is 10.9. The van der Waals surface area contributed by atoms with E-state index in [0.29, 0.717) is 23.8 Å². The summed E-state index contributed by atoms with van der Waals surface area (Å²) in [6.07, 6.45) is -2.63. The van der Waals surface area contributed by atoms with Gasteiger partial charge in [0.2, 0.25) is 0 Å². The van der Waals surface area contributed by atoms with Crippen molar-refractivity contribution in [3.05, 3.63) is 59.2 Å². The number of alkyl halides is 3. The van der Waals surface area contributed by atoms with Gasteiger partial charge in [-0.2, -0.15) is 13.2 Å². The fourth-order valence-corrected chi connectivity index (χ4v) is 4.95. The van der Waals surface area contributed by atoms with E-state index in [9.17, 15) is 23.1 Å². The van der Waals surface area contributed by atoms with Gasteiger partial charge in [0.05, 0.1) is 40.8 Å². The number of carbonyl (C=O) groups is 1. The quantitative estimate of drug-likeness (QED) is 0.403. The number of carbonyl (C=O) groups excluding carboxylic acids is 1. The van der Waals surface area contributed by atoms with Crippen molar-refractivity contribution in [1.29, 1.82) is 0 Å². The number of urea groups is 1. The lowest BCUT2D eigenvalue weighted by Crippen LogP contribution is -2.56. The van der Waals surface area contributed by atoms with E-state index in [4.69, 9.17) is 21.4 Å². The van der Waals surface area contributed by atoms with Gasteiger partial charge in [-0.3, -0.25) is 10.2 Å². The van der Waals surface area contributed by atoms with Crippen LogP contribution in [0.15, 0.2) is 48.7 Å². The van der Waals surface area contributed by atoms with Gasteiger partial charge in [-0.15, -0.1) is 0 Å². The van der Waals surface area contributed by atoms with Gasteiger partial charge in [-0.25, -0.2) is 14.8 Å². The molecule has 0 radical (unpaired) electrons. The maximum Gasteiger partial charge on any atom is 0.416 e. The minimum atomic E-state index is -4.53. The molecule has 2 bridgehead atoms. The number of benzene rings is 1. The van der Waals surface area contributed by atoms with E-state index in [1.165, 1.54) is 29.3 Å². The number of amides is 2. The zero-order chi connectivity index (χ0) is 27.7. The molecule has 2 aliphatic rings. The first-order valence-corrected chi connectivity index (χ1v) is 12.6. The third kappa shape index (κ3) is 5.72. The number of pyridine rings is 2. The summed E-state index contributed by atoms with van der Waals surface area (Å²) in [5.41, 5.74) is 0.133. The average Bonchev–Trinajstić information content (AvgIpc) is 2.92. The van der Waals surface area contributed by atoms with Crippen LogP contribution in [0.2, 0.25) is 5.02 Å². The SMILES string of the molecule is O=C(Nc1ccc(OCC(O)CO)cn1)N1c2nc(-c3cccc(C(F)(F)F)c3)c(Cl)cc2N2CCC[C@H]1C2. The predicted molar refractivity (Wildman–Crippen MR) is 139 cm³/mol. The van der Waals surface area contributed by atoms with Crippen molar-refractivity contribution in [2.75, 3.05) is 41.4 Å². The van der Waals surface area contributed by atoms with Crippen molar-refractivity contribution in [3.63, 3.8) is 0 Å². The Balaban J connectivity index is 1.45. The number of hydrogen-bond donors (Lipinski definition) is 3. The van der Waals surface area contributed by atoms with Crippen molar-refractivity contribution >= 4 is 35.0 Å². The molecule has 9 nitrogen and oxygen atoms in total. The normalized spacial score (nSPS) is 17.4. The molecule has 3 N–H and O–H groups in total. The number of halogens is 4. The van der Waals surface area contributed by atoms with Gasteiger partial charge in [0, 0.05) is 18.7 Å². The number of anilines is 3. The molecule has 1 fully saturated rings. The van der Waals surface area contributed by atoms with Gasteiger partial charge >= 0.3 is 12.2 Å². The molecule has 5 rings (SSSR count). The van der Waals surface area contributed by atoms with Gasteiger partial charge in [-0.1, -0.05) is 23.7 Å². The predicted octanol–water partition coefficient (Wildman–Crippen LogP) is 4.57. The van der Waals surface area contributed by atoms with E-state index in [1.54, 1.807) is 12.1 Å². The van der Waals surface area contributed by atoms with E-state index >= 15 is 0 Å². The maximum absolute atomic E-state index is 13.5. The minimum absolute atomic E-state index is 0.116. The monoisotopic (exact) mass is 563 g/mol. The van der Waals surface area contributed by atoms with Crippen molar-refractivity contribution in [3.8, 4) is 17.0 Å². The first kappa shape index (κ1) is 27.0. The molecule has 1 saturated heterocycles. The zero-order valence-electron chi connectivity index (χ0n) is 20.5. The first-order valence-electron chi connectivity index (χ1n) is 12.2. The molecule has 4 heterocycles. The maximum atomic E-state index is 13.5. The number of fused-ring (bicyclic) bond motifs is 4. The Kier molecular flexibility index (Phi) is 7.52. The molecule has 1 aromatic carbocycles. The zero-order valence-corrected chi connectivity index (χ0v) is 21.3. The highest BCUT2D eigenvalue weighted by atomic mass is 35.5. The number of piperidine rings is 1. The second-order valence-corrected chi connectivity index (χ2v) is 9.72. The molecule has 2 atom stereocenters. The number of nitrogens with zero attached hydrogens (tertiary/aromatic N) is 4. The summed E-state index contributed by atoms with van der Waals surface area (Å²) < 4.78 is 45.4. The number of rotatable bonds is 6. The smallest absolute Gasteiger partial charge is 0.416 e. The van der Waals surface area contributed by atoms with Crippen LogP contribution in [0.4, 0.5) is 35.3 Å². The topological polar surface area (TPSA) is 111 Å². The molecule has 0 saturated carbocycles. The Labute approximate surface area is 226 Å². The fraction of sp³-hybridized carbons (Fsp3) is 0.346. The van der Waals surface area contributed by atoms with Gasteiger partial charge in [0.1, 0.15) is 24.3 Å². The Morgan fingerprint density at radius 1 is 1.26 bits per heavy atom. The Morgan fingerprint density at radius 2 is 2.08 bits per heavy atom. The van der Waals surface area contributed by atoms with Crippen LogP contribution in [0.25, 0.3) is 11.3 Å². The number of nitrogens with one attached hydrogen (secondary N) is 1. The fourth-order valence-electron chi connectivity index (χ4n) is 4.70. The van der Waals surface area contributed by atoms with E-state index in [2.05, 4.69) is 20.2 Å². The summed E-state index contributed by atoms with van der Waals surface area (Å²) in [6.45, 7) is 0.754. The lowest BCUT2D eigenvalue weighted by molar-refractivity contribution is -0.137. The standard InChI is InChI=1S/C26H25ClF3N5O4/c27-20-10-21-24(33-23(20)15-3-1-4-16(9-15)26(28,29)30)35(17-5-2-8-34(21)12-17)25(38)32-22-7-6-19(11-31-22)39-14-18(37)13-36/h1,3-4,6-7,9-11,17-18,36-37H,2,5,8,12-14H2,(H,31,32,38)/t17-,18?/m0/s1. The molecule has 1 unspecified atom stereocenters. The molecule has 0 spiro atoms. The highest BCUT2D eigenvalue weighted by Crippen LogP contribution is 2.43. The molecular formula is C26H25ClF3N5O4. The van der Waals surface area contributed by atoms with Crippen molar-refractivity contribution in [2.24, 2.45) is 0 Å². The summed E-state index contributed by atoms with van der Waals surface area (Å²) in [5, 5.41) is 21.3. The lowest BCUT2D eigenvalue weighted by atomic mass is 9.99. The second-order valence-electron chi connectivity index (χ2n) is 9.31. The number of aliphatic hydroxyl groups excluding tert-OH is 2. The Morgan fingerprint density at radius 3 is 2.79 bits per heavy atom. The lowest BCUT2D eigenvalue weighted by Gasteiger charge is -2.46. The summed E-state index contributed by atoms with van der Waals surface area (Å²) >= 11 is 6.52. The van der Waals surface area contributed by atoms with E-state index in [0.717, 1.165) is 31.5 Å². The summed E-state index contributed by atoms with van der Waals surface area (Å²) in [7, 11) is 0. The molecule has 2 amide bonds. The van der Waals surface area contributed by atoms with E-state index in [1.807, 2.05) is 0 Å². The Bertz CT molecular complexity index is 1360. The molecule has 2 aliphatic heterocycles.